The Morgan fingerprint density at radius 2 is 1.89 bits per heavy atom. The van der Waals surface area contributed by atoms with Crippen molar-refractivity contribution >= 4 is 6.03 Å². The predicted octanol–water partition coefficient (Wildman–Crippen LogP) is 2.24. The third-order valence-corrected chi connectivity index (χ3v) is 3.74. The molecule has 0 heterocycles. The highest BCUT2D eigenvalue weighted by atomic mass is 19.4. The lowest BCUT2D eigenvalue weighted by molar-refractivity contribution is -0.123. The zero-order chi connectivity index (χ0) is 14.5. The van der Waals surface area contributed by atoms with Gasteiger partial charge in [-0.3, -0.25) is 0 Å². The summed E-state index contributed by atoms with van der Waals surface area (Å²) in [5.41, 5.74) is 5.31. The molecular formula is C12H22F3N3O. The molecule has 0 radical (unpaired) electrons. The van der Waals surface area contributed by atoms with Crippen LogP contribution in [0.25, 0.3) is 0 Å². The predicted molar refractivity (Wildman–Crippen MR) is 66.7 cm³/mol. The van der Waals surface area contributed by atoms with Gasteiger partial charge in [-0.25, -0.2) is 4.79 Å². The van der Waals surface area contributed by atoms with Crippen molar-refractivity contribution in [3.63, 3.8) is 0 Å². The minimum Gasteiger partial charge on any atom is -0.329 e. The van der Waals surface area contributed by atoms with Gasteiger partial charge in [0.25, 0.3) is 0 Å². The number of halogens is 3. The Hall–Kier alpha value is -0.980. The third kappa shape index (κ3) is 4.26. The first-order chi connectivity index (χ1) is 8.84. The van der Waals surface area contributed by atoms with Crippen LogP contribution in [-0.2, 0) is 0 Å². The van der Waals surface area contributed by atoms with E-state index in [1.807, 2.05) is 5.32 Å². The monoisotopic (exact) mass is 281 g/mol. The molecule has 0 aliphatic heterocycles. The summed E-state index contributed by atoms with van der Waals surface area (Å²) in [5.74, 6) is 0. The standard InChI is InChI=1S/C12H22F3N3O/c1-2-18(10(19)17-9-12(13,14)15)11(8-16)6-4-3-5-7-11/h2-9,16H2,1H3,(H,17,19). The van der Waals surface area contributed by atoms with Crippen LogP contribution in [0.3, 0.4) is 0 Å². The third-order valence-electron chi connectivity index (χ3n) is 3.74. The van der Waals surface area contributed by atoms with Crippen LogP contribution in [0.4, 0.5) is 18.0 Å². The summed E-state index contributed by atoms with van der Waals surface area (Å²) in [6.07, 6.45) is 0.134. The van der Waals surface area contributed by atoms with Crippen LogP contribution < -0.4 is 11.1 Å². The van der Waals surface area contributed by atoms with Crippen molar-refractivity contribution in [1.29, 1.82) is 0 Å². The van der Waals surface area contributed by atoms with Gasteiger partial charge in [0.1, 0.15) is 6.54 Å². The van der Waals surface area contributed by atoms with Crippen LogP contribution in [0.5, 0.6) is 0 Å². The Morgan fingerprint density at radius 3 is 2.32 bits per heavy atom. The van der Waals surface area contributed by atoms with Crippen LogP contribution in [-0.4, -0.2) is 42.3 Å². The van der Waals surface area contributed by atoms with Gasteiger partial charge in [-0.2, -0.15) is 13.2 Å². The number of rotatable bonds is 4. The fraction of sp³-hybridized carbons (Fsp3) is 0.917. The number of hydrogen-bond acceptors (Lipinski definition) is 2. The van der Waals surface area contributed by atoms with Crippen molar-refractivity contribution in [2.75, 3.05) is 19.6 Å². The topological polar surface area (TPSA) is 58.4 Å². The van der Waals surface area contributed by atoms with Gasteiger partial charge in [-0.15, -0.1) is 0 Å². The Kier molecular flexibility index (Phi) is 5.46. The minimum atomic E-state index is -4.39. The van der Waals surface area contributed by atoms with Gasteiger partial charge in [-0.05, 0) is 19.8 Å². The summed E-state index contributed by atoms with van der Waals surface area (Å²) in [6.45, 7) is 1.11. The molecule has 3 N–H and O–H groups in total. The Bertz CT molecular complexity index is 301. The zero-order valence-corrected chi connectivity index (χ0v) is 11.2. The molecule has 19 heavy (non-hydrogen) atoms. The van der Waals surface area contributed by atoms with Gasteiger partial charge < -0.3 is 16.0 Å². The van der Waals surface area contributed by atoms with E-state index >= 15 is 0 Å². The summed E-state index contributed by atoms with van der Waals surface area (Å²) < 4.78 is 36.4. The number of nitrogens with one attached hydrogen (secondary N) is 1. The molecular weight excluding hydrogens is 259 g/mol. The van der Waals surface area contributed by atoms with Gasteiger partial charge in [0.05, 0.1) is 5.54 Å². The summed E-state index contributed by atoms with van der Waals surface area (Å²) in [4.78, 5) is 13.4. The average molecular weight is 281 g/mol. The molecule has 1 fully saturated rings. The molecule has 0 aromatic carbocycles. The van der Waals surface area contributed by atoms with Crippen molar-refractivity contribution < 1.29 is 18.0 Å². The SMILES string of the molecule is CCN(C(=O)NCC(F)(F)F)C1(CN)CCCCC1. The maximum atomic E-state index is 12.1. The van der Waals surface area contributed by atoms with Crippen LogP contribution in [0.15, 0.2) is 0 Å². The van der Waals surface area contributed by atoms with Crippen molar-refractivity contribution in [3.05, 3.63) is 0 Å². The van der Waals surface area contributed by atoms with E-state index in [-0.39, 0.29) is 0 Å². The fourth-order valence-electron chi connectivity index (χ4n) is 2.76. The molecule has 1 saturated carbocycles. The molecule has 0 spiro atoms. The first-order valence-corrected chi connectivity index (χ1v) is 6.67. The van der Waals surface area contributed by atoms with E-state index in [0.717, 1.165) is 32.1 Å². The maximum Gasteiger partial charge on any atom is 0.405 e. The van der Waals surface area contributed by atoms with Gasteiger partial charge >= 0.3 is 12.2 Å². The number of urea groups is 1. The second-order valence-corrected chi connectivity index (χ2v) is 5.01. The van der Waals surface area contributed by atoms with E-state index in [1.165, 1.54) is 4.90 Å². The molecule has 0 unspecified atom stereocenters. The molecule has 1 rings (SSSR count). The van der Waals surface area contributed by atoms with Gasteiger partial charge in [0.15, 0.2) is 0 Å². The van der Waals surface area contributed by atoms with Crippen LogP contribution in [0, 0.1) is 0 Å². The molecule has 7 heteroatoms. The number of likely N-dealkylation sites (N-methyl/N-ethyl adjacent to an activating group) is 1. The molecule has 2 amide bonds. The van der Waals surface area contributed by atoms with E-state index in [4.69, 9.17) is 5.73 Å². The molecule has 0 atom stereocenters. The number of hydrogen-bond donors (Lipinski definition) is 2. The number of nitrogens with zero attached hydrogens (tertiary/aromatic N) is 1. The lowest BCUT2D eigenvalue weighted by atomic mass is 9.80. The second kappa shape index (κ2) is 6.45. The molecule has 1 aliphatic rings. The summed E-state index contributed by atoms with van der Waals surface area (Å²) in [5, 5.41) is 1.94. The largest absolute Gasteiger partial charge is 0.405 e. The Balaban J connectivity index is 2.71. The number of amides is 2. The van der Waals surface area contributed by atoms with Crippen LogP contribution >= 0.6 is 0 Å². The van der Waals surface area contributed by atoms with Crippen molar-refractivity contribution in [2.45, 2.75) is 50.7 Å². The minimum absolute atomic E-state index is 0.292. The quantitative estimate of drug-likeness (QED) is 0.830. The van der Waals surface area contributed by atoms with E-state index in [9.17, 15) is 18.0 Å². The Morgan fingerprint density at radius 1 is 1.32 bits per heavy atom. The van der Waals surface area contributed by atoms with Crippen molar-refractivity contribution in [1.82, 2.24) is 10.2 Å². The first kappa shape index (κ1) is 16.1. The fourth-order valence-corrected chi connectivity index (χ4v) is 2.76. The molecule has 0 aromatic rings. The molecule has 4 nitrogen and oxygen atoms in total. The van der Waals surface area contributed by atoms with Gasteiger partial charge in [0.2, 0.25) is 0 Å². The highest BCUT2D eigenvalue weighted by Crippen LogP contribution is 2.33. The van der Waals surface area contributed by atoms with Gasteiger partial charge in [0, 0.05) is 13.1 Å². The van der Waals surface area contributed by atoms with Crippen molar-refractivity contribution in [2.24, 2.45) is 5.73 Å². The molecule has 0 aromatic heterocycles. The molecule has 0 bridgehead atoms. The zero-order valence-electron chi connectivity index (χ0n) is 11.2. The number of carbonyl (C=O) groups is 1. The lowest BCUT2D eigenvalue weighted by Gasteiger charge is -2.45. The summed E-state index contributed by atoms with van der Waals surface area (Å²) >= 11 is 0. The van der Waals surface area contributed by atoms with E-state index in [0.29, 0.717) is 13.1 Å². The number of alkyl halides is 3. The van der Waals surface area contributed by atoms with E-state index in [2.05, 4.69) is 0 Å². The number of carbonyl (C=O) groups excluding carboxylic acids is 1. The van der Waals surface area contributed by atoms with Gasteiger partial charge in [-0.1, -0.05) is 19.3 Å². The number of nitrogens with two attached hydrogens (primary N) is 1. The van der Waals surface area contributed by atoms with Crippen LogP contribution in [0.2, 0.25) is 0 Å². The highest BCUT2D eigenvalue weighted by Gasteiger charge is 2.39. The summed E-state index contributed by atoms with van der Waals surface area (Å²) in [7, 11) is 0. The average Bonchev–Trinajstić information content (AvgIpc) is 2.37. The van der Waals surface area contributed by atoms with E-state index in [1.54, 1.807) is 6.92 Å². The maximum absolute atomic E-state index is 12.1. The van der Waals surface area contributed by atoms with Crippen LogP contribution in [0.1, 0.15) is 39.0 Å². The molecule has 0 saturated heterocycles. The smallest absolute Gasteiger partial charge is 0.329 e. The second-order valence-electron chi connectivity index (χ2n) is 5.01. The van der Waals surface area contributed by atoms with Crippen molar-refractivity contribution in [3.8, 4) is 0 Å². The highest BCUT2D eigenvalue weighted by molar-refractivity contribution is 5.75. The first-order valence-electron chi connectivity index (χ1n) is 6.67. The summed E-state index contributed by atoms with van der Waals surface area (Å²) in [6, 6.07) is -0.674. The van der Waals surface area contributed by atoms with E-state index < -0.39 is 24.3 Å². The normalized spacial score (nSPS) is 19.0. The molecule has 1 aliphatic carbocycles. The Labute approximate surface area is 111 Å². The lowest BCUT2D eigenvalue weighted by Crippen LogP contribution is -2.60. The molecule has 112 valence electrons.